The van der Waals surface area contributed by atoms with Gasteiger partial charge < -0.3 is 0 Å². The molecule has 0 spiro atoms. The Kier molecular flexibility index (Phi) is 28.9. The summed E-state index contributed by atoms with van der Waals surface area (Å²) in [5.74, 6) is -0.169. The number of benzene rings is 1. The van der Waals surface area contributed by atoms with E-state index in [-0.39, 0.29) is 5.84 Å². The second-order valence-electron chi connectivity index (χ2n) is 13.6. The number of nitrogens with zero attached hydrogens (tertiary/aromatic N) is 2. The Hall–Kier alpha value is -1.55. The van der Waals surface area contributed by atoms with Gasteiger partial charge in [-0.05, 0) is 42.7 Å². The van der Waals surface area contributed by atoms with Crippen LogP contribution < -0.4 is 0 Å². The van der Waals surface area contributed by atoms with E-state index in [0.29, 0.717) is 5.56 Å². The van der Waals surface area contributed by atoms with Gasteiger partial charge in [0.25, 0.3) is 0 Å². The number of hydrogen-bond donors (Lipinski definition) is 1. The van der Waals surface area contributed by atoms with E-state index in [4.69, 9.17) is 5.41 Å². The first-order valence-corrected chi connectivity index (χ1v) is 19.4. The summed E-state index contributed by atoms with van der Waals surface area (Å²) in [6.45, 7) is 7.77. The lowest BCUT2D eigenvalue weighted by molar-refractivity contribution is 0.252. The van der Waals surface area contributed by atoms with Crippen molar-refractivity contribution in [3.8, 4) is 0 Å². The summed E-state index contributed by atoms with van der Waals surface area (Å²) in [5.41, 5.74) is 1.82. The zero-order valence-electron chi connectivity index (χ0n) is 29.5. The van der Waals surface area contributed by atoms with Gasteiger partial charge in [0.1, 0.15) is 0 Å². The van der Waals surface area contributed by atoms with Crippen LogP contribution in [0.1, 0.15) is 205 Å². The average Bonchev–Trinajstić information content (AvgIpc) is 3.04. The third-order valence-electron chi connectivity index (χ3n) is 9.35. The average molecular weight is 612 g/mol. The van der Waals surface area contributed by atoms with Crippen molar-refractivity contribution in [3.05, 3.63) is 40.3 Å². The monoisotopic (exact) mass is 612 g/mol. The predicted octanol–water partition coefficient (Wildman–Crippen LogP) is 13.5. The molecular formula is C40H73N3O. The van der Waals surface area contributed by atoms with E-state index in [1.165, 1.54) is 185 Å². The third-order valence-corrected chi connectivity index (χ3v) is 9.35. The van der Waals surface area contributed by atoms with Gasteiger partial charge in [-0.25, -0.2) is 0 Å². The molecule has 0 atom stereocenters. The molecule has 0 aliphatic carbocycles. The molecule has 1 aromatic rings. The van der Waals surface area contributed by atoms with E-state index >= 15 is 0 Å². The zero-order valence-corrected chi connectivity index (χ0v) is 29.5. The van der Waals surface area contributed by atoms with Crippen LogP contribution in [0.15, 0.2) is 29.4 Å². The Morgan fingerprint density at radius 1 is 0.545 bits per heavy atom. The summed E-state index contributed by atoms with van der Waals surface area (Å²) in [6, 6.07) is 7.89. The van der Waals surface area contributed by atoms with Crippen molar-refractivity contribution in [2.24, 2.45) is 5.18 Å². The summed E-state index contributed by atoms with van der Waals surface area (Å²) >= 11 is 0. The Morgan fingerprint density at radius 2 is 0.886 bits per heavy atom. The van der Waals surface area contributed by atoms with Crippen molar-refractivity contribution in [1.82, 2.24) is 4.90 Å². The minimum absolute atomic E-state index is 0.169. The second kappa shape index (κ2) is 31.4. The molecule has 1 rings (SSSR count). The number of rotatable bonds is 33. The number of nitrogens with one attached hydrogen (secondary N) is 1. The highest BCUT2D eigenvalue weighted by Gasteiger charge is 2.09. The van der Waals surface area contributed by atoms with Gasteiger partial charge in [0.05, 0.1) is 0 Å². The summed E-state index contributed by atoms with van der Waals surface area (Å²) < 4.78 is 0. The molecule has 4 nitrogen and oxygen atoms in total. The molecule has 1 N–H and O–H groups in total. The van der Waals surface area contributed by atoms with Crippen molar-refractivity contribution in [2.75, 3.05) is 13.1 Å². The fourth-order valence-corrected chi connectivity index (χ4v) is 6.46. The second-order valence-corrected chi connectivity index (χ2v) is 13.6. The third kappa shape index (κ3) is 24.7. The first-order chi connectivity index (χ1) is 21.7. The van der Waals surface area contributed by atoms with Crippen molar-refractivity contribution >= 4 is 5.84 Å². The van der Waals surface area contributed by atoms with Crippen LogP contribution in [0.3, 0.4) is 0 Å². The van der Waals surface area contributed by atoms with E-state index < -0.39 is 0 Å². The Bertz CT molecular complexity index is 748. The standard InChI is InChI=1S/C40H73N3O/c1-3-5-7-9-11-13-15-17-19-21-23-25-27-29-34-43(37-38-32-31-33-39(36-38)40(41)42-44)35-30-28-26-24-22-20-18-16-14-12-10-8-6-4-2/h31-33,36,41H,3-30,34-35,37H2,1-2H3. The molecular weight excluding hydrogens is 538 g/mol. The number of amidine groups is 1. The highest BCUT2D eigenvalue weighted by atomic mass is 16.3. The van der Waals surface area contributed by atoms with Crippen LogP contribution in [0.25, 0.3) is 0 Å². The van der Waals surface area contributed by atoms with E-state index in [2.05, 4.69) is 30.0 Å². The molecule has 0 fully saturated rings. The van der Waals surface area contributed by atoms with Crippen LogP contribution in [0.4, 0.5) is 0 Å². The van der Waals surface area contributed by atoms with Gasteiger partial charge in [0.2, 0.25) is 0 Å². The molecule has 0 unspecified atom stereocenters. The van der Waals surface area contributed by atoms with Gasteiger partial charge in [0, 0.05) is 12.1 Å². The van der Waals surface area contributed by atoms with Crippen molar-refractivity contribution < 1.29 is 0 Å². The highest BCUT2D eigenvalue weighted by molar-refractivity contribution is 5.96. The molecule has 0 amide bonds. The SMILES string of the molecule is CCCCCCCCCCCCCCCCN(CCCCCCCCCCCCCCCC)Cc1cccc(C(=N)N=O)c1. The van der Waals surface area contributed by atoms with Gasteiger partial charge in [0.15, 0.2) is 5.84 Å². The van der Waals surface area contributed by atoms with Gasteiger partial charge >= 0.3 is 0 Å². The zero-order chi connectivity index (χ0) is 31.8. The molecule has 0 aromatic heterocycles. The normalized spacial score (nSPS) is 11.4. The lowest BCUT2D eigenvalue weighted by Crippen LogP contribution is -2.26. The molecule has 0 aliphatic heterocycles. The van der Waals surface area contributed by atoms with Gasteiger partial charge in [-0.15, -0.1) is 4.91 Å². The van der Waals surface area contributed by atoms with E-state index in [9.17, 15) is 4.91 Å². The summed E-state index contributed by atoms with van der Waals surface area (Å²) in [7, 11) is 0. The molecule has 0 saturated carbocycles. The maximum absolute atomic E-state index is 10.9. The number of unbranched alkanes of at least 4 members (excludes halogenated alkanes) is 26. The van der Waals surface area contributed by atoms with Crippen LogP contribution in [-0.2, 0) is 6.54 Å². The topological polar surface area (TPSA) is 56.5 Å². The maximum Gasteiger partial charge on any atom is 0.196 e. The van der Waals surface area contributed by atoms with E-state index in [0.717, 1.165) is 19.6 Å². The van der Waals surface area contributed by atoms with Gasteiger partial charge in [-0.2, -0.15) is 0 Å². The predicted molar refractivity (Wildman–Crippen MR) is 195 cm³/mol. The molecule has 0 radical (unpaired) electrons. The molecule has 1 aromatic carbocycles. The molecule has 4 heteroatoms. The molecule has 0 aliphatic rings. The minimum atomic E-state index is -0.169. The maximum atomic E-state index is 10.9. The van der Waals surface area contributed by atoms with Crippen molar-refractivity contribution in [2.45, 2.75) is 200 Å². The Labute approximate surface area is 274 Å². The minimum Gasteiger partial charge on any atom is -0.299 e. The van der Waals surface area contributed by atoms with Crippen LogP contribution in [-0.4, -0.2) is 23.8 Å². The Balaban J connectivity index is 2.22. The molecule has 0 saturated heterocycles. The largest absolute Gasteiger partial charge is 0.299 e. The van der Waals surface area contributed by atoms with Gasteiger partial charge in [-0.3, -0.25) is 10.3 Å². The quantitative estimate of drug-likeness (QED) is 0.0372. The van der Waals surface area contributed by atoms with Crippen LogP contribution in [0.2, 0.25) is 0 Å². The van der Waals surface area contributed by atoms with E-state index in [1.807, 2.05) is 18.2 Å². The lowest BCUT2D eigenvalue weighted by atomic mass is 10.0. The van der Waals surface area contributed by atoms with Crippen molar-refractivity contribution in [3.63, 3.8) is 0 Å². The fraction of sp³-hybridized carbons (Fsp3) is 0.825. The molecule has 44 heavy (non-hydrogen) atoms. The number of hydrogen-bond acceptors (Lipinski definition) is 3. The van der Waals surface area contributed by atoms with Crippen LogP contribution >= 0.6 is 0 Å². The summed E-state index contributed by atoms with van der Waals surface area (Å²) in [6.07, 6.45) is 39.1. The fourth-order valence-electron chi connectivity index (χ4n) is 6.46. The summed E-state index contributed by atoms with van der Waals surface area (Å²) in [4.78, 5) is 13.5. The Morgan fingerprint density at radius 3 is 1.23 bits per heavy atom. The first kappa shape index (κ1) is 40.5. The van der Waals surface area contributed by atoms with E-state index in [1.54, 1.807) is 0 Å². The van der Waals surface area contributed by atoms with Crippen molar-refractivity contribution in [1.29, 1.82) is 5.41 Å². The first-order valence-electron chi connectivity index (χ1n) is 19.4. The van der Waals surface area contributed by atoms with Gasteiger partial charge in [-0.1, -0.05) is 199 Å². The lowest BCUT2D eigenvalue weighted by Gasteiger charge is -2.23. The molecule has 0 bridgehead atoms. The summed E-state index contributed by atoms with van der Waals surface area (Å²) in [5, 5.41) is 10.6. The smallest absolute Gasteiger partial charge is 0.196 e. The number of nitroso groups, excluding NO2 is 1. The van der Waals surface area contributed by atoms with Crippen LogP contribution in [0.5, 0.6) is 0 Å². The molecule has 0 heterocycles. The molecule has 254 valence electrons. The highest BCUT2D eigenvalue weighted by Crippen LogP contribution is 2.16. The van der Waals surface area contributed by atoms with Crippen LogP contribution in [0, 0.1) is 10.3 Å².